The van der Waals surface area contributed by atoms with E-state index in [9.17, 15) is 9.18 Å². The molecule has 1 atom stereocenters. The lowest BCUT2D eigenvalue weighted by Gasteiger charge is -2.17. The fourth-order valence-corrected chi connectivity index (χ4v) is 3.08. The van der Waals surface area contributed by atoms with Crippen molar-refractivity contribution in [3.63, 3.8) is 0 Å². The first-order valence-electron chi connectivity index (χ1n) is 8.95. The van der Waals surface area contributed by atoms with Crippen LogP contribution in [0.2, 0.25) is 0 Å². The van der Waals surface area contributed by atoms with Crippen LogP contribution >= 0.6 is 0 Å². The van der Waals surface area contributed by atoms with Crippen LogP contribution in [0, 0.1) is 18.7 Å². The van der Waals surface area contributed by atoms with Gasteiger partial charge in [-0.25, -0.2) is 9.87 Å². The number of carbonyl (C=O) groups excluding carboxylic acids is 1. The lowest BCUT2D eigenvalue weighted by molar-refractivity contribution is -0.129. The average molecular weight is 338 g/mol. The maximum Gasteiger partial charge on any atom is 0.243 e. The smallest absolute Gasteiger partial charge is 0.243 e. The van der Waals surface area contributed by atoms with Crippen LogP contribution in [0.5, 0.6) is 0 Å². The van der Waals surface area contributed by atoms with Crippen molar-refractivity contribution in [2.45, 2.75) is 64.7 Å². The summed E-state index contributed by atoms with van der Waals surface area (Å²) in [6.45, 7) is 2.54. The topological polar surface area (TPSA) is 75.4 Å². The van der Waals surface area contributed by atoms with Crippen molar-refractivity contribution < 1.29 is 14.4 Å². The molecule has 0 bridgehead atoms. The van der Waals surface area contributed by atoms with Gasteiger partial charge in [-0.2, -0.15) is 0 Å². The van der Waals surface area contributed by atoms with Gasteiger partial charge in [0, 0.05) is 6.42 Å². The predicted molar refractivity (Wildman–Crippen MR) is 94.3 cm³/mol. The number of hydroxylamine groups is 1. The van der Waals surface area contributed by atoms with Gasteiger partial charge in [0.05, 0.1) is 0 Å². The zero-order valence-corrected chi connectivity index (χ0v) is 14.7. The molecular formula is C19H31FN2O2. The van der Waals surface area contributed by atoms with Crippen molar-refractivity contribution in [2.75, 3.05) is 6.54 Å². The molecule has 0 saturated heterocycles. The molecule has 0 aliphatic carbocycles. The minimum Gasteiger partial charge on any atom is -0.330 e. The lowest BCUT2D eigenvalue weighted by Crippen LogP contribution is -2.19. The van der Waals surface area contributed by atoms with Gasteiger partial charge < -0.3 is 5.73 Å². The highest BCUT2D eigenvalue weighted by Crippen LogP contribution is 2.23. The molecule has 4 nitrogen and oxygen atoms in total. The first-order valence-corrected chi connectivity index (χ1v) is 8.95. The number of rotatable bonds is 12. The Balaban J connectivity index is 2.44. The first-order chi connectivity index (χ1) is 11.6. The van der Waals surface area contributed by atoms with Crippen LogP contribution in [0.25, 0.3) is 0 Å². The van der Waals surface area contributed by atoms with E-state index in [1.54, 1.807) is 11.5 Å². The molecule has 0 fully saturated rings. The van der Waals surface area contributed by atoms with Gasteiger partial charge in [-0.15, -0.1) is 0 Å². The summed E-state index contributed by atoms with van der Waals surface area (Å²) in [5.74, 6) is -0.0256. The van der Waals surface area contributed by atoms with E-state index in [1.165, 1.54) is 6.07 Å². The molecule has 1 aromatic rings. The Morgan fingerprint density at radius 2 is 1.96 bits per heavy atom. The van der Waals surface area contributed by atoms with E-state index in [1.807, 2.05) is 13.0 Å². The van der Waals surface area contributed by atoms with Crippen LogP contribution in [-0.2, 0) is 11.2 Å². The summed E-state index contributed by atoms with van der Waals surface area (Å²) in [5, 5.41) is 8.63. The Bertz CT molecular complexity index is 494. The maximum absolute atomic E-state index is 13.6. The van der Waals surface area contributed by atoms with Gasteiger partial charge in [-0.3, -0.25) is 10.0 Å². The lowest BCUT2D eigenvalue weighted by atomic mass is 9.89. The first kappa shape index (κ1) is 20.6. The Morgan fingerprint density at radius 3 is 2.67 bits per heavy atom. The zero-order valence-electron chi connectivity index (χ0n) is 14.7. The Kier molecular flexibility index (Phi) is 10.3. The molecule has 0 aliphatic heterocycles. The number of hydrogen-bond acceptors (Lipinski definition) is 3. The third kappa shape index (κ3) is 7.88. The van der Waals surface area contributed by atoms with Crippen molar-refractivity contribution >= 4 is 5.91 Å². The normalized spacial score (nSPS) is 12.2. The van der Waals surface area contributed by atoms with Gasteiger partial charge in [-0.05, 0) is 62.3 Å². The molecule has 0 heterocycles. The standard InChI is InChI=1S/C19H31FN2O2/c1-15-17(10-6-11-18(15)20)9-5-8-16(7-3-2-4-14-21)12-13-19(23)22-24/h6,10-11,16,24H,2-5,7-9,12-14,21H2,1H3,(H,22,23)/t16-/m1/s1. The molecule has 0 spiro atoms. The molecule has 5 heteroatoms. The number of hydrogen-bond donors (Lipinski definition) is 3. The molecule has 136 valence electrons. The monoisotopic (exact) mass is 338 g/mol. The number of unbranched alkanes of at least 4 members (excludes halogenated alkanes) is 2. The third-order valence-corrected chi connectivity index (χ3v) is 4.66. The number of aryl methyl sites for hydroxylation is 1. The molecule has 1 amide bonds. The average Bonchev–Trinajstić information content (AvgIpc) is 2.59. The number of benzene rings is 1. The highest BCUT2D eigenvalue weighted by atomic mass is 19.1. The Morgan fingerprint density at radius 1 is 1.21 bits per heavy atom. The summed E-state index contributed by atoms with van der Waals surface area (Å²) in [6.07, 6.45) is 8.30. The van der Waals surface area contributed by atoms with Crippen molar-refractivity contribution in [3.8, 4) is 0 Å². The largest absolute Gasteiger partial charge is 0.330 e. The molecular weight excluding hydrogens is 307 g/mol. The summed E-state index contributed by atoms with van der Waals surface area (Å²) < 4.78 is 13.6. The highest BCUT2D eigenvalue weighted by molar-refractivity contribution is 5.74. The maximum atomic E-state index is 13.6. The van der Waals surface area contributed by atoms with Crippen LogP contribution in [0.15, 0.2) is 18.2 Å². The van der Waals surface area contributed by atoms with Gasteiger partial charge >= 0.3 is 0 Å². The second-order valence-electron chi connectivity index (χ2n) is 6.49. The van der Waals surface area contributed by atoms with E-state index in [2.05, 4.69) is 0 Å². The second kappa shape index (κ2) is 12.0. The van der Waals surface area contributed by atoms with Crippen molar-refractivity contribution in [1.29, 1.82) is 0 Å². The number of amides is 1. The molecule has 0 aromatic heterocycles. The molecule has 1 aromatic carbocycles. The SMILES string of the molecule is Cc1c(F)cccc1CCC[C@@H](CCCCCN)CCC(=O)NO. The summed E-state index contributed by atoms with van der Waals surface area (Å²) in [7, 11) is 0. The number of carbonyl (C=O) groups is 1. The summed E-state index contributed by atoms with van der Waals surface area (Å²) >= 11 is 0. The number of halogens is 1. The second-order valence-corrected chi connectivity index (χ2v) is 6.49. The highest BCUT2D eigenvalue weighted by Gasteiger charge is 2.12. The Labute approximate surface area is 144 Å². The Hall–Kier alpha value is -1.46. The summed E-state index contributed by atoms with van der Waals surface area (Å²) in [4.78, 5) is 11.3. The van der Waals surface area contributed by atoms with Crippen LogP contribution < -0.4 is 11.2 Å². The minimum absolute atomic E-state index is 0.148. The predicted octanol–water partition coefficient (Wildman–Crippen LogP) is 3.88. The van der Waals surface area contributed by atoms with Crippen LogP contribution in [0.3, 0.4) is 0 Å². The molecule has 0 aliphatic rings. The van der Waals surface area contributed by atoms with Gasteiger partial charge in [0.2, 0.25) is 5.91 Å². The van der Waals surface area contributed by atoms with E-state index in [4.69, 9.17) is 10.9 Å². The van der Waals surface area contributed by atoms with Gasteiger partial charge in [-0.1, -0.05) is 37.8 Å². The van der Waals surface area contributed by atoms with E-state index < -0.39 is 0 Å². The number of nitrogens with two attached hydrogens (primary N) is 1. The molecule has 0 unspecified atom stereocenters. The summed E-state index contributed by atoms with van der Waals surface area (Å²) in [5.41, 5.74) is 9.01. The number of nitrogens with one attached hydrogen (secondary N) is 1. The van der Waals surface area contributed by atoms with Crippen LogP contribution in [0.1, 0.15) is 62.5 Å². The van der Waals surface area contributed by atoms with E-state index in [0.29, 0.717) is 12.3 Å². The van der Waals surface area contributed by atoms with Gasteiger partial charge in [0.15, 0.2) is 0 Å². The van der Waals surface area contributed by atoms with E-state index >= 15 is 0 Å². The van der Waals surface area contributed by atoms with E-state index in [0.717, 1.165) is 69.0 Å². The van der Waals surface area contributed by atoms with Crippen LogP contribution in [0.4, 0.5) is 4.39 Å². The fraction of sp³-hybridized carbons (Fsp3) is 0.632. The third-order valence-electron chi connectivity index (χ3n) is 4.66. The molecule has 0 radical (unpaired) electrons. The van der Waals surface area contributed by atoms with E-state index in [-0.39, 0.29) is 11.7 Å². The molecule has 4 N–H and O–H groups in total. The fourth-order valence-electron chi connectivity index (χ4n) is 3.08. The van der Waals surface area contributed by atoms with Crippen molar-refractivity contribution in [2.24, 2.45) is 11.7 Å². The summed E-state index contributed by atoms with van der Waals surface area (Å²) in [6, 6.07) is 5.23. The molecule has 0 saturated carbocycles. The zero-order chi connectivity index (χ0) is 17.8. The van der Waals surface area contributed by atoms with Crippen molar-refractivity contribution in [3.05, 3.63) is 35.1 Å². The van der Waals surface area contributed by atoms with Gasteiger partial charge in [0.1, 0.15) is 5.82 Å². The minimum atomic E-state index is -0.331. The molecule has 24 heavy (non-hydrogen) atoms. The van der Waals surface area contributed by atoms with Crippen molar-refractivity contribution in [1.82, 2.24) is 5.48 Å². The van der Waals surface area contributed by atoms with Crippen LogP contribution in [-0.4, -0.2) is 17.7 Å². The quantitative estimate of drug-likeness (QED) is 0.307. The van der Waals surface area contributed by atoms with Gasteiger partial charge in [0.25, 0.3) is 0 Å². The molecule has 1 rings (SSSR count).